The number of aryl methyl sites for hydroxylation is 1. The minimum absolute atomic E-state index is 0.0284. The van der Waals surface area contributed by atoms with E-state index in [0.29, 0.717) is 32.8 Å². The number of urea groups is 1. The zero-order valence-electron chi connectivity index (χ0n) is 15.4. The molecule has 27 heavy (non-hydrogen) atoms. The third kappa shape index (κ3) is 3.95. The van der Waals surface area contributed by atoms with Crippen molar-refractivity contribution in [2.45, 2.75) is 26.7 Å². The molecular weight excluding hydrogens is 342 g/mol. The van der Waals surface area contributed by atoms with Gasteiger partial charge in [-0.05, 0) is 35.7 Å². The summed E-state index contributed by atoms with van der Waals surface area (Å²) in [4.78, 5) is 28.4. The average Bonchev–Trinajstić information content (AvgIpc) is 3.13. The summed E-state index contributed by atoms with van der Waals surface area (Å²) in [5.74, 6) is -0.0284. The van der Waals surface area contributed by atoms with Crippen LogP contribution < -0.4 is 5.32 Å². The number of ether oxygens (including phenoxy) is 1. The van der Waals surface area contributed by atoms with Crippen LogP contribution in [0.15, 0.2) is 42.5 Å². The summed E-state index contributed by atoms with van der Waals surface area (Å²) in [6, 6.07) is 13.7. The summed E-state index contributed by atoms with van der Waals surface area (Å²) in [5.41, 5.74) is 5.30. The molecule has 1 N–H and O–H groups in total. The number of amides is 3. The fourth-order valence-electron chi connectivity index (χ4n) is 3.42. The van der Waals surface area contributed by atoms with Crippen LogP contribution in [-0.2, 0) is 29.3 Å². The van der Waals surface area contributed by atoms with E-state index in [1.807, 2.05) is 49.4 Å². The van der Waals surface area contributed by atoms with E-state index < -0.39 is 0 Å². The van der Waals surface area contributed by atoms with Gasteiger partial charge in [0.25, 0.3) is 0 Å². The Bertz CT molecular complexity index is 863. The van der Waals surface area contributed by atoms with Crippen LogP contribution in [0.1, 0.15) is 22.3 Å². The van der Waals surface area contributed by atoms with Crippen LogP contribution in [0.5, 0.6) is 0 Å². The number of rotatable bonds is 3. The van der Waals surface area contributed by atoms with Crippen molar-refractivity contribution in [2.24, 2.45) is 0 Å². The average molecular weight is 365 g/mol. The molecule has 2 aliphatic rings. The molecule has 2 aromatic carbocycles. The Balaban J connectivity index is 1.34. The lowest BCUT2D eigenvalue weighted by atomic mass is 10.1. The third-order valence-corrected chi connectivity index (χ3v) is 5.07. The highest BCUT2D eigenvalue weighted by atomic mass is 16.5. The highest BCUT2D eigenvalue weighted by Gasteiger charge is 2.27. The fourth-order valence-corrected chi connectivity index (χ4v) is 3.42. The predicted octanol–water partition coefficient (Wildman–Crippen LogP) is 2.90. The highest BCUT2D eigenvalue weighted by Crippen LogP contribution is 2.23. The monoisotopic (exact) mass is 365 g/mol. The molecular formula is C21H23N3O3. The van der Waals surface area contributed by atoms with Crippen molar-refractivity contribution in [1.82, 2.24) is 9.80 Å². The summed E-state index contributed by atoms with van der Waals surface area (Å²) < 4.78 is 5.40. The molecule has 0 aromatic heterocycles. The molecule has 0 atom stereocenters. The van der Waals surface area contributed by atoms with Gasteiger partial charge in [0.15, 0.2) is 0 Å². The SMILES string of the molecule is Cc1ccc(CN2CCN(C(=O)Nc3ccc4c(c3)COC4)CC2=O)cc1. The second kappa shape index (κ2) is 7.40. The Kier molecular flexibility index (Phi) is 4.81. The van der Waals surface area contributed by atoms with Gasteiger partial charge < -0.3 is 19.9 Å². The molecule has 0 unspecified atom stereocenters. The number of hydrogen-bond donors (Lipinski definition) is 1. The normalized spacial score (nSPS) is 16.4. The van der Waals surface area contributed by atoms with Crippen molar-refractivity contribution < 1.29 is 14.3 Å². The molecule has 0 spiro atoms. The van der Waals surface area contributed by atoms with Gasteiger partial charge in [-0.2, -0.15) is 0 Å². The largest absolute Gasteiger partial charge is 0.372 e. The fraction of sp³-hybridized carbons (Fsp3) is 0.333. The van der Waals surface area contributed by atoms with Crippen molar-refractivity contribution >= 4 is 17.6 Å². The maximum atomic E-state index is 12.5. The molecule has 0 radical (unpaired) electrons. The van der Waals surface area contributed by atoms with Crippen molar-refractivity contribution in [2.75, 3.05) is 25.0 Å². The first-order valence-electron chi connectivity index (χ1n) is 9.17. The van der Waals surface area contributed by atoms with E-state index in [1.54, 1.807) is 9.80 Å². The number of nitrogens with one attached hydrogen (secondary N) is 1. The van der Waals surface area contributed by atoms with Gasteiger partial charge in [-0.1, -0.05) is 35.9 Å². The van der Waals surface area contributed by atoms with Gasteiger partial charge in [0.05, 0.1) is 13.2 Å². The Morgan fingerprint density at radius 3 is 2.63 bits per heavy atom. The Labute approximate surface area is 158 Å². The third-order valence-electron chi connectivity index (χ3n) is 5.07. The molecule has 0 bridgehead atoms. The van der Waals surface area contributed by atoms with Crippen LogP contribution in [0.25, 0.3) is 0 Å². The number of fused-ring (bicyclic) bond motifs is 1. The quantitative estimate of drug-likeness (QED) is 0.910. The summed E-state index contributed by atoms with van der Waals surface area (Å²) in [5, 5.41) is 2.89. The van der Waals surface area contributed by atoms with E-state index >= 15 is 0 Å². The van der Waals surface area contributed by atoms with Crippen LogP contribution in [0.3, 0.4) is 0 Å². The van der Waals surface area contributed by atoms with Gasteiger partial charge in [0, 0.05) is 25.3 Å². The molecule has 0 saturated carbocycles. The number of benzene rings is 2. The second-order valence-corrected chi connectivity index (χ2v) is 7.13. The maximum Gasteiger partial charge on any atom is 0.322 e. The first-order chi connectivity index (χ1) is 13.1. The number of piperazine rings is 1. The summed E-state index contributed by atoms with van der Waals surface area (Å²) in [7, 11) is 0. The van der Waals surface area contributed by atoms with Crippen molar-refractivity contribution in [3.63, 3.8) is 0 Å². The number of hydrogen-bond acceptors (Lipinski definition) is 3. The number of nitrogens with zero attached hydrogens (tertiary/aromatic N) is 2. The minimum Gasteiger partial charge on any atom is -0.372 e. The Morgan fingerprint density at radius 2 is 1.85 bits per heavy atom. The van der Waals surface area contributed by atoms with Crippen molar-refractivity contribution in [3.8, 4) is 0 Å². The van der Waals surface area contributed by atoms with Crippen LogP contribution in [0.4, 0.5) is 10.5 Å². The molecule has 2 aliphatic heterocycles. The van der Waals surface area contributed by atoms with E-state index in [4.69, 9.17) is 4.74 Å². The lowest BCUT2D eigenvalue weighted by Gasteiger charge is -2.34. The van der Waals surface area contributed by atoms with Crippen LogP contribution in [0.2, 0.25) is 0 Å². The maximum absolute atomic E-state index is 12.5. The first-order valence-corrected chi connectivity index (χ1v) is 9.17. The van der Waals surface area contributed by atoms with Gasteiger partial charge in [-0.25, -0.2) is 4.79 Å². The van der Waals surface area contributed by atoms with E-state index in [2.05, 4.69) is 5.32 Å². The molecule has 1 saturated heterocycles. The van der Waals surface area contributed by atoms with Crippen molar-refractivity contribution in [3.05, 3.63) is 64.7 Å². The van der Waals surface area contributed by atoms with Crippen molar-refractivity contribution in [1.29, 1.82) is 0 Å². The summed E-state index contributed by atoms with van der Waals surface area (Å²) >= 11 is 0. The predicted molar refractivity (Wildman–Crippen MR) is 102 cm³/mol. The molecule has 2 aromatic rings. The molecule has 6 nitrogen and oxygen atoms in total. The lowest BCUT2D eigenvalue weighted by Crippen LogP contribution is -2.52. The minimum atomic E-state index is -0.239. The van der Waals surface area contributed by atoms with E-state index in [9.17, 15) is 9.59 Å². The van der Waals surface area contributed by atoms with Gasteiger partial charge in [0.1, 0.15) is 6.54 Å². The molecule has 4 rings (SSSR count). The van der Waals surface area contributed by atoms with Gasteiger partial charge in [0.2, 0.25) is 5.91 Å². The number of carbonyl (C=O) groups excluding carboxylic acids is 2. The molecule has 6 heteroatoms. The lowest BCUT2D eigenvalue weighted by molar-refractivity contribution is -0.135. The smallest absolute Gasteiger partial charge is 0.322 e. The van der Waals surface area contributed by atoms with Crippen LogP contribution in [-0.4, -0.2) is 41.4 Å². The summed E-state index contributed by atoms with van der Waals surface area (Å²) in [6.45, 7) is 5.00. The van der Waals surface area contributed by atoms with E-state index in [1.165, 1.54) is 5.56 Å². The van der Waals surface area contributed by atoms with Gasteiger partial charge >= 0.3 is 6.03 Å². The van der Waals surface area contributed by atoms with Gasteiger partial charge in [-0.3, -0.25) is 4.79 Å². The Morgan fingerprint density at radius 1 is 1.07 bits per heavy atom. The summed E-state index contributed by atoms with van der Waals surface area (Å²) in [6.07, 6.45) is 0. The Hall–Kier alpha value is -2.86. The topological polar surface area (TPSA) is 61.9 Å². The zero-order valence-corrected chi connectivity index (χ0v) is 15.4. The zero-order chi connectivity index (χ0) is 18.8. The first kappa shape index (κ1) is 17.5. The molecule has 0 aliphatic carbocycles. The van der Waals surface area contributed by atoms with Gasteiger partial charge in [-0.15, -0.1) is 0 Å². The van der Waals surface area contributed by atoms with E-state index in [-0.39, 0.29) is 18.5 Å². The van der Waals surface area contributed by atoms with Crippen LogP contribution >= 0.6 is 0 Å². The number of carbonyl (C=O) groups is 2. The molecule has 3 amide bonds. The van der Waals surface area contributed by atoms with Crippen LogP contribution in [0, 0.1) is 6.92 Å². The second-order valence-electron chi connectivity index (χ2n) is 7.13. The highest BCUT2D eigenvalue weighted by molar-refractivity contribution is 5.93. The standard InChI is InChI=1S/C21H23N3O3/c1-15-2-4-16(5-3-15)11-23-8-9-24(12-20(23)25)21(26)22-19-7-6-17-13-27-14-18(17)10-19/h2-7,10H,8-9,11-14H2,1H3,(H,22,26). The van der Waals surface area contributed by atoms with E-state index in [0.717, 1.165) is 22.4 Å². The number of anilines is 1. The molecule has 1 fully saturated rings. The molecule has 2 heterocycles. The molecule has 140 valence electrons.